The van der Waals surface area contributed by atoms with E-state index in [4.69, 9.17) is 9.84 Å². The SMILES string of the molecule is CCc1ccc(-c2cc(C#CC(C)N(O)C(=O)CN3CCN(C)CC3)nn2-c2ccc(OC)cc2)cc1. The molecule has 1 aliphatic rings. The van der Waals surface area contributed by atoms with Crippen molar-refractivity contribution in [2.45, 2.75) is 26.3 Å². The molecular weight excluding hydrogens is 466 g/mol. The molecule has 1 fully saturated rings. The number of piperazine rings is 1. The molecular formula is C29H35N5O3. The van der Waals surface area contributed by atoms with Gasteiger partial charge in [0, 0.05) is 37.8 Å². The first-order valence-corrected chi connectivity index (χ1v) is 12.6. The minimum Gasteiger partial charge on any atom is -0.497 e. The van der Waals surface area contributed by atoms with Crippen molar-refractivity contribution < 1.29 is 14.7 Å². The molecule has 0 spiro atoms. The Morgan fingerprint density at radius 3 is 2.41 bits per heavy atom. The van der Waals surface area contributed by atoms with Crippen LogP contribution in [0.25, 0.3) is 16.9 Å². The van der Waals surface area contributed by atoms with E-state index in [-0.39, 0.29) is 12.5 Å². The molecule has 37 heavy (non-hydrogen) atoms. The molecule has 1 aromatic heterocycles. The number of methoxy groups -OCH3 is 1. The molecule has 2 aromatic carbocycles. The van der Waals surface area contributed by atoms with Crippen LogP contribution in [0.2, 0.25) is 0 Å². The van der Waals surface area contributed by atoms with Gasteiger partial charge >= 0.3 is 0 Å². The number of hydrogen-bond donors (Lipinski definition) is 1. The number of aromatic nitrogens is 2. The van der Waals surface area contributed by atoms with Crippen LogP contribution in [-0.2, 0) is 11.2 Å². The molecule has 0 aliphatic carbocycles. The normalized spacial score (nSPS) is 15.1. The van der Waals surface area contributed by atoms with E-state index in [2.05, 4.69) is 59.9 Å². The van der Waals surface area contributed by atoms with E-state index in [9.17, 15) is 10.0 Å². The van der Waals surface area contributed by atoms with Gasteiger partial charge in [0.15, 0.2) is 0 Å². The highest BCUT2D eigenvalue weighted by atomic mass is 16.5. The van der Waals surface area contributed by atoms with E-state index >= 15 is 0 Å². The third-order valence-electron chi connectivity index (χ3n) is 6.67. The highest BCUT2D eigenvalue weighted by Gasteiger charge is 2.22. The first kappa shape index (κ1) is 26.4. The maximum absolute atomic E-state index is 12.6. The van der Waals surface area contributed by atoms with Gasteiger partial charge in [-0.15, -0.1) is 0 Å². The summed E-state index contributed by atoms with van der Waals surface area (Å²) in [5.74, 6) is 6.45. The fourth-order valence-corrected chi connectivity index (χ4v) is 4.20. The van der Waals surface area contributed by atoms with E-state index in [1.165, 1.54) is 5.56 Å². The van der Waals surface area contributed by atoms with Crippen LogP contribution in [-0.4, -0.2) is 88.7 Å². The topological polar surface area (TPSA) is 74.1 Å². The molecule has 0 bridgehead atoms. The molecule has 4 rings (SSSR count). The zero-order chi connectivity index (χ0) is 26.4. The Labute approximate surface area is 219 Å². The summed E-state index contributed by atoms with van der Waals surface area (Å²) in [6.07, 6.45) is 0.970. The van der Waals surface area contributed by atoms with Gasteiger partial charge in [-0.25, -0.2) is 9.75 Å². The predicted molar refractivity (Wildman–Crippen MR) is 144 cm³/mol. The van der Waals surface area contributed by atoms with Gasteiger partial charge in [-0.05, 0) is 56.1 Å². The quantitative estimate of drug-likeness (QED) is 0.304. The second kappa shape index (κ2) is 12.1. The maximum atomic E-state index is 12.6. The minimum absolute atomic E-state index is 0.181. The number of hydrogen-bond acceptors (Lipinski definition) is 6. The Morgan fingerprint density at radius 1 is 1.11 bits per heavy atom. The average Bonchev–Trinajstić information content (AvgIpc) is 3.37. The molecule has 1 amide bonds. The number of benzene rings is 2. The first-order chi connectivity index (χ1) is 17.9. The zero-order valence-electron chi connectivity index (χ0n) is 22.0. The number of hydroxylamine groups is 2. The Kier molecular flexibility index (Phi) is 8.62. The number of rotatable bonds is 7. The number of carbonyl (C=O) groups excluding carboxylic acids is 1. The number of ether oxygens (including phenoxy) is 1. The average molecular weight is 502 g/mol. The lowest BCUT2D eigenvalue weighted by Crippen LogP contribution is -2.49. The van der Waals surface area contributed by atoms with E-state index < -0.39 is 6.04 Å². The lowest BCUT2D eigenvalue weighted by atomic mass is 10.1. The summed E-state index contributed by atoms with van der Waals surface area (Å²) in [6, 6.07) is 17.3. The van der Waals surface area contributed by atoms with Crippen molar-refractivity contribution in [1.82, 2.24) is 24.6 Å². The van der Waals surface area contributed by atoms with Crippen molar-refractivity contribution in [3.63, 3.8) is 0 Å². The lowest BCUT2D eigenvalue weighted by Gasteiger charge is -2.32. The number of amides is 1. The van der Waals surface area contributed by atoms with Crippen LogP contribution in [0.5, 0.6) is 5.75 Å². The largest absolute Gasteiger partial charge is 0.497 e. The van der Waals surface area contributed by atoms with E-state index in [0.717, 1.165) is 60.4 Å². The molecule has 1 aliphatic heterocycles. The second-order valence-corrected chi connectivity index (χ2v) is 9.34. The van der Waals surface area contributed by atoms with Crippen LogP contribution in [0.1, 0.15) is 25.1 Å². The van der Waals surface area contributed by atoms with E-state index in [0.29, 0.717) is 5.69 Å². The molecule has 3 aromatic rings. The number of carbonyl (C=O) groups is 1. The van der Waals surface area contributed by atoms with Crippen molar-refractivity contribution in [1.29, 1.82) is 0 Å². The Morgan fingerprint density at radius 2 is 1.78 bits per heavy atom. The van der Waals surface area contributed by atoms with E-state index in [1.807, 2.05) is 35.0 Å². The summed E-state index contributed by atoms with van der Waals surface area (Å²) in [5.41, 5.74) is 4.61. The highest BCUT2D eigenvalue weighted by molar-refractivity contribution is 5.77. The maximum Gasteiger partial charge on any atom is 0.261 e. The van der Waals surface area contributed by atoms with Gasteiger partial charge in [0.1, 0.15) is 17.5 Å². The minimum atomic E-state index is -0.668. The standard InChI is InChI=1S/C29H35N5O3/c1-5-23-7-9-24(10-8-23)28-20-25(30-33(28)26-12-14-27(37-4)15-13-26)11-6-22(2)34(36)29(35)21-32-18-16-31(3)17-19-32/h7-10,12-15,20,22,36H,5,16-19,21H2,1-4H3. The Bertz CT molecular complexity index is 1180. The summed E-state index contributed by atoms with van der Waals surface area (Å²) < 4.78 is 7.15. The van der Waals surface area contributed by atoms with Crippen molar-refractivity contribution in [3.8, 4) is 34.5 Å². The van der Waals surface area contributed by atoms with Gasteiger partial charge in [-0.1, -0.05) is 37.1 Å². The molecule has 0 radical (unpaired) electrons. The van der Waals surface area contributed by atoms with Gasteiger partial charge in [0.2, 0.25) is 0 Å². The molecule has 1 saturated heterocycles. The Balaban J connectivity index is 1.55. The molecule has 8 nitrogen and oxygen atoms in total. The smallest absolute Gasteiger partial charge is 0.261 e. The molecule has 1 N–H and O–H groups in total. The highest BCUT2D eigenvalue weighted by Crippen LogP contribution is 2.25. The van der Waals surface area contributed by atoms with Crippen LogP contribution in [0.4, 0.5) is 0 Å². The third kappa shape index (κ3) is 6.57. The van der Waals surface area contributed by atoms with Crippen LogP contribution < -0.4 is 4.74 Å². The van der Waals surface area contributed by atoms with Crippen molar-refractivity contribution in [2.24, 2.45) is 0 Å². The molecule has 1 atom stereocenters. The lowest BCUT2D eigenvalue weighted by molar-refractivity contribution is -0.171. The summed E-state index contributed by atoms with van der Waals surface area (Å²) in [4.78, 5) is 16.9. The van der Waals surface area contributed by atoms with Gasteiger partial charge in [0.25, 0.3) is 5.91 Å². The fraction of sp³-hybridized carbons (Fsp3) is 0.379. The van der Waals surface area contributed by atoms with Gasteiger partial charge in [-0.3, -0.25) is 14.9 Å². The van der Waals surface area contributed by atoms with Crippen LogP contribution in [0, 0.1) is 11.8 Å². The number of aryl methyl sites for hydroxylation is 1. The van der Waals surface area contributed by atoms with E-state index in [1.54, 1.807) is 14.0 Å². The van der Waals surface area contributed by atoms with Crippen molar-refractivity contribution >= 4 is 5.91 Å². The monoisotopic (exact) mass is 501 g/mol. The third-order valence-corrected chi connectivity index (χ3v) is 6.67. The molecule has 0 saturated carbocycles. The second-order valence-electron chi connectivity index (χ2n) is 9.34. The summed E-state index contributed by atoms with van der Waals surface area (Å²) >= 11 is 0. The van der Waals surface area contributed by atoms with Crippen molar-refractivity contribution in [3.05, 3.63) is 65.9 Å². The first-order valence-electron chi connectivity index (χ1n) is 12.6. The number of likely N-dealkylation sites (N-methyl/N-ethyl adjacent to an activating group) is 1. The molecule has 1 unspecified atom stereocenters. The van der Waals surface area contributed by atoms with Gasteiger partial charge in [-0.2, -0.15) is 5.10 Å². The predicted octanol–water partition coefficient (Wildman–Crippen LogP) is 3.32. The summed E-state index contributed by atoms with van der Waals surface area (Å²) in [5, 5.41) is 15.9. The fourth-order valence-electron chi connectivity index (χ4n) is 4.20. The molecule has 8 heteroatoms. The summed E-state index contributed by atoms with van der Waals surface area (Å²) in [6.45, 7) is 7.46. The van der Waals surface area contributed by atoms with Crippen molar-refractivity contribution in [2.75, 3.05) is 46.9 Å². The molecule has 2 heterocycles. The van der Waals surface area contributed by atoms with Gasteiger partial charge in [0.05, 0.1) is 25.0 Å². The van der Waals surface area contributed by atoms with Crippen LogP contribution in [0.3, 0.4) is 0 Å². The van der Waals surface area contributed by atoms with Crippen LogP contribution >= 0.6 is 0 Å². The van der Waals surface area contributed by atoms with Gasteiger partial charge < -0.3 is 9.64 Å². The van der Waals surface area contributed by atoms with Crippen LogP contribution in [0.15, 0.2) is 54.6 Å². The molecule has 194 valence electrons. The zero-order valence-corrected chi connectivity index (χ0v) is 22.0. The summed E-state index contributed by atoms with van der Waals surface area (Å²) in [7, 11) is 3.70. The number of nitrogens with zero attached hydrogens (tertiary/aromatic N) is 5. The Hall–Kier alpha value is -3.64.